The summed E-state index contributed by atoms with van der Waals surface area (Å²) < 4.78 is 35.1. The molecule has 1 aliphatic heterocycles. The summed E-state index contributed by atoms with van der Waals surface area (Å²) in [6.07, 6.45) is 5.59. The predicted octanol–water partition coefficient (Wildman–Crippen LogP) is 0.838. The van der Waals surface area contributed by atoms with E-state index in [-0.39, 0.29) is 18.2 Å². The van der Waals surface area contributed by atoms with E-state index in [9.17, 15) is 8.42 Å². The van der Waals surface area contributed by atoms with Crippen molar-refractivity contribution >= 4 is 10.2 Å². The van der Waals surface area contributed by atoms with E-state index in [1.165, 1.54) is 23.6 Å². The summed E-state index contributed by atoms with van der Waals surface area (Å²) in [6, 6.07) is -0.149. The van der Waals surface area contributed by atoms with Crippen LogP contribution in [-0.4, -0.2) is 50.6 Å². The van der Waals surface area contributed by atoms with Crippen molar-refractivity contribution in [2.75, 3.05) is 19.6 Å². The van der Waals surface area contributed by atoms with Crippen LogP contribution in [0.15, 0.2) is 0 Å². The Morgan fingerprint density at radius 2 is 1.76 bits per heavy atom. The summed E-state index contributed by atoms with van der Waals surface area (Å²) in [5.41, 5.74) is 5.82. The second kappa shape index (κ2) is 7.37. The van der Waals surface area contributed by atoms with Crippen LogP contribution < -0.4 is 10.5 Å². The van der Waals surface area contributed by atoms with Gasteiger partial charge in [-0.15, -0.1) is 0 Å². The highest BCUT2D eigenvalue weighted by molar-refractivity contribution is 7.87. The van der Waals surface area contributed by atoms with Crippen molar-refractivity contribution in [1.29, 1.82) is 0 Å². The normalized spacial score (nSPS) is 31.2. The molecule has 2 aliphatic rings. The van der Waals surface area contributed by atoms with Crippen molar-refractivity contribution in [2.24, 2.45) is 11.7 Å². The molecule has 2 rings (SSSR count). The summed E-state index contributed by atoms with van der Waals surface area (Å²) in [6.45, 7) is 4.97. The van der Waals surface area contributed by atoms with Crippen LogP contribution in [-0.2, 0) is 14.9 Å². The van der Waals surface area contributed by atoms with Crippen molar-refractivity contribution in [3.05, 3.63) is 0 Å². The van der Waals surface area contributed by atoms with Gasteiger partial charge in [0.2, 0.25) is 0 Å². The number of rotatable bonds is 5. The second-order valence-electron chi connectivity index (χ2n) is 6.44. The summed E-state index contributed by atoms with van der Waals surface area (Å²) in [7, 11) is -3.49. The molecule has 0 amide bonds. The van der Waals surface area contributed by atoms with Crippen LogP contribution in [0, 0.1) is 5.92 Å². The molecular weight excluding hydrogens is 290 g/mol. The number of nitrogens with two attached hydrogens (primary N) is 1. The van der Waals surface area contributed by atoms with Crippen molar-refractivity contribution < 1.29 is 13.2 Å². The van der Waals surface area contributed by atoms with Crippen LogP contribution in [0.25, 0.3) is 0 Å². The second-order valence-corrected chi connectivity index (χ2v) is 8.14. The Morgan fingerprint density at radius 3 is 2.29 bits per heavy atom. The van der Waals surface area contributed by atoms with Gasteiger partial charge in [0.05, 0.1) is 12.2 Å². The molecule has 1 aliphatic carbocycles. The van der Waals surface area contributed by atoms with Crippen LogP contribution in [0.1, 0.15) is 46.0 Å². The first-order valence-electron chi connectivity index (χ1n) is 8.05. The molecule has 0 aromatic heterocycles. The zero-order chi connectivity index (χ0) is 15.5. The fourth-order valence-corrected chi connectivity index (χ4v) is 5.10. The smallest absolute Gasteiger partial charge is 0.279 e. The summed E-state index contributed by atoms with van der Waals surface area (Å²) >= 11 is 0. The van der Waals surface area contributed by atoms with Gasteiger partial charge in [-0.1, -0.05) is 19.3 Å². The molecule has 1 heterocycles. The van der Waals surface area contributed by atoms with Crippen LogP contribution in [0.3, 0.4) is 0 Å². The monoisotopic (exact) mass is 319 g/mol. The average molecular weight is 319 g/mol. The molecule has 1 saturated carbocycles. The maximum absolute atomic E-state index is 12.6. The lowest BCUT2D eigenvalue weighted by molar-refractivity contribution is -0.0445. The molecule has 0 aromatic rings. The van der Waals surface area contributed by atoms with Crippen LogP contribution in [0.5, 0.6) is 0 Å². The Kier molecular flexibility index (Phi) is 6.02. The lowest BCUT2D eigenvalue weighted by atomic mass is 9.84. The molecule has 2 fully saturated rings. The number of nitrogens with one attached hydrogen (secondary N) is 1. The SMILES string of the molecule is CC1CN(S(=O)(=O)NC(CN)C2CCCCC2)CC(C)O1. The topological polar surface area (TPSA) is 84.7 Å². The van der Waals surface area contributed by atoms with Gasteiger partial charge in [-0.05, 0) is 32.6 Å². The average Bonchev–Trinajstić information content (AvgIpc) is 2.45. The van der Waals surface area contributed by atoms with Crippen LogP contribution in [0.4, 0.5) is 0 Å². The highest BCUT2D eigenvalue weighted by atomic mass is 32.2. The Labute approximate surface area is 128 Å². The van der Waals surface area contributed by atoms with Crippen LogP contribution >= 0.6 is 0 Å². The van der Waals surface area contributed by atoms with Gasteiger partial charge in [-0.25, -0.2) is 0 Å². The first kappa shape index (κ1) is 17.1. The standard InChI is InChI=1S/C14H29N3O3S/c1-11-9-17(10-12(2)20-11)21(18,19)16-14(8-15)13-6-4-3-5-7-13/h11-14,16H,3-10,15H2,1-2H3. The molecular formula is C14H29N3O3S. The molecule has 0 bridgehead atoms. The van der Waals surface area contributed by atoms with E-state index in [1.807, 2.05) is 13.8 Å². The van der Waals surface area contributed by atoms with E-state index < -0.39 is 10.2 Å². The first-order chi connectivity index (χ1) is 9.92. The van der Waals surface area contributed by atoms with Gasteiger partial charge in [0.25, 0.3) is 10.2 Å². The van der Waals surface area contributed by atoms with Crippen molar-refractivity contribution in [1.82, 2.24) is 9.03 Å². The van der Waals surface area contributed by atoms with Crippen molar-refractivity contribution in [3.8, 4) is 0 Å². The van der Waals surface area contributed by atoms with Crippen molar-refractivity contribution in [2.45, 2.75) is 64.2 Å². The number of morpholine rings is 1. The van der Waals surface area contributed by atoms with Crippen molar-refractivity contribution in [3.63, 3.8) is 0 Å². The molecule has 6 nitrogen and oxygen atoms in total. The lowest BCUT2D eigenvalue weighted by Crippen LogP contribution is -2.56. The third kappa shape index (κ3) is 4.63. The predicted molar refractivity (Wildman–Crippen MR) is 83.1 cm³/mol. The third-order valence-corrected chi connectivity index (χ3v) is 6.08. The Morgan fingerprint density at radius 1 is 1.19 bits per heavy atom. The van der Waals surface area contributed by atoms with Crippen LogP contribution in [0.2, 0.25) is 0 Å². The minimum absolute atomic E-state index is 0.0728. The van der Waals surface area contributed by atoms with E-state index in [2.05, 4.69) is 4.72 Å². The van der Waals surface area contributed by atoms with Gasteiger partial charge in [-0.2, -0.15) is 17.4 Å². The molecule has 0 aromatic carbocycles. The number of ether oxygens (including phenoxy) is 1. The van der Waals surface area contributed by atoms with Gasteiger partial charge in [0.15, 0.2) is 0 Å². The maximum Gasteiger partial charge on any atom is 0.279 e. The molecule has 1 saturated heterocycles. The van der Waals surface area contributed by atoms with Gasteiger partial charge in [-0.3, -0.25) is 0 Å². The molecule has 3 N–H and O–H groups in total. The number of hydrogen-bond donors (Lipinski definition) is 2. The zero-order valence-corrected chi connectivity index (χ0v) is 13.9. The maximum atomic E-state index is 12.6. The minimum Gasteiger partial charge on any atom is -0.373 e. The Balaban J connectivity index is 2.00. The summed E-state index contributed by atoms with van der Waals surface area (Å²) in [5.74, 6) is 0.370. The quantitative estimate of drug-likeness (QED) is 0.786. The summed E-state index contributed by atoms with van der Waals surface area (Å²) in [5, 5.41) is 0. The fraction of sp³-hybridized carbons (Fsp3) is 1.00. The van der Waals surface area contributed by atoms with E-state index in [0.717, 1.165) is 12.8 Å². The molecule has 0 radical (unpaired) electrons. The van der Waals surface area contributed by atoms with E-state index in [1.54, 1.807) is 0 Å². The molecule has 21 heavy (non-hydrogen) atoms. The fourth-order valence-electron chi connectivity index (χ4n) is 3.47. The first-order valence-corrected chi connectivity index (χ1v) is 9.49. The molecule has 3 unspecified atom stereocenters. The van der Waals surface area contributed by atoms with E-state index >= 15 is 0 Å². The van der Waals surface area contributed by atoms with Gasteiger partial charge in [0, 0.05) is 25.7 Å². The van der Waals surface area contributed by atoms with Gasteiger partial charge in [0.1, 0.15) is 0 Å². The molecule has 0 spiro atoms. The molecule has 3 atom stereocenters. The third-order valence-electron chi connectivity index (χ3n) is 4.50. The Hall–Kier alpha value is -0.210. The largest absolute Gasteiger partial charge is 0.373 e. The van der Waals surface area contributed by atoms with E-state index in [4.69, 9.17) is 10.5 Å². The highest BCUT2D eigenvalue weighted by Crippen LogP contribution is 2.27. The lowest BCUT2D eigenvalue weighted by Gasteiger charge is -2.36. The van der Waals surface area contributed by atoms with E-state index in [0.29, 0.717) is 25.6 Å². The molecule has 124 valence electrons. The van der Waals surface area contributed by atoms with Gasteiger partial charge < -0.3 is 10.5 Å². The molecule has 7 heteroatoms. The minimum atomic E-state index is -3.49. The number of nitrogens with zero attached hydrogens (tertiary/aromatic N) is 1. The van der Waals surface area contributed by atoms with Gasteiger partial charge >= 0.3 is 0 Å². The highest BCUT2D eigenvalue weighted by Gasteiger charge is 2.34. The number of hydrogen-bond acceptors (Lipinski definition) is 4. The summed E-state index contributed by atoms with van der Waals surface area (Å²) in [4.78, 5) is 0. The zero-order valence-electron chi connectivity index (χ0n) is 13.1. The Bertz CT molecular complexity index is 413.